The maximum atomic E-state index is 11.8. The predicted octanol–water partition coefficient (Wildman–Crippen LogP) is 0.741. The number of carbonyl (C=O) groups is 2. The van der Waals surface area contributed by atoms with Crippen molar-refractivity contribution < 1.29 is 19.4 Å². The molecule has 1 aromatic rings. The van der Waals surface area contributed by atoms with Crippen LogP contribution in [0.3, 0.4) is 0 Å². The normalized spacial score (nSPS) is 21.1. The summed E-state index contributed by atoms with van der Waals surface area (Å²) in [5.41, 5.74) is 0.420. The Morgan fingerprint density at radius 3 is 2.63 bits per heavy atom. The van der Waals surface area contributed by atoms with Crippen molar-refractivity contribution in [1.82, 2.24) is 4.90 Å². The second-order valence-electron chi connectivity index (χ2n) is 4.80. The second-order valence-corrected chi connectivity index (χ2v) is 4.80. The molecule has 0 saturated carbocycles. The van der Waals surface area contributed by atoms with Crippen LogP contribution in [-0.4, -0.2) is 42.1 Å². The van der Waals surface area contributed by atoms with Gasteiger partial charge in [-0.15, -0.1) is 0 Å². The summed E-state index contributed by atoms with van der Waals surface area (Å²) in [6.07, 6.45) is -0.728. The summed E-state index contributed by atoms with van der Waals surface area (Å²) in [6, 6.07) is 8.42. The van der Waals surface area contributed by atoms with Gasteiger partial charge in [-0.25, -0.2) is 4.79 Å². The topological polar surface area (TPSA) is 66.8 Å². The Morgan fingerprint density at radius 2 is 2.05 bits per heavy atom. The quantitative estimate of drug-likeness (QED) is 0.643. The van der Waals surface area contributed by atoms with Gasteiger partial charge in [-0.2, -0.15) is 0 Å². The highest BCUT2D eigenvalue weighted by Gasteiger charge is 2.31. The Morgan fingerprint density at radius 1 is 1.37 bits per heavy atom. The summed E-state index contributed by atoms with van der Waals surface area (Å²) in [5, 5.41) is 9.80. The lowest BCUT2D eigenvalue weighted by atomic mass is 10.1. The van der Waals surface area contributed by atoms with E-state index in [1.54, 1.807) is 30.3 Å². The molecule has 1 aromatic carbocycles. The minimum atomic E-state index is -1.41. The van der Waals surface area contributed by atoms with Crippen molar-refractivity contribution in [3.8, 4) is 0 Å². The van der Waals surface area contributed by atoms with Crippen molar-refractivity contribution in [1.29, 1.82) is 0 Å². The van der Waals surface area contributed by atoms with Gasteiger partial charge in [0.25, 0.3) is 0 Å². The molecule has 1 saturated heterocycles. The molecule has 19 heavy (non-hydrogen) atoms. The molecule has 0 amide bonds. The van der Waals surface area contributed by atoms with Gasteiger partial charge in [0, 0.05) is 6.54 Å². The van der Waals surface area contributed by atoms with Crippen LogP contribution in [0.25, 0.3) is 0 Å². The molecule has 0 aromatic heterocycles. The standard InChI is InChI=1S/C14H17NO4/c1-15-8-7-11(9-15)13(17)19-14(18)12(16)10-5-3-2-4-6-10/h2-6,11-12,16H,7-9H2,1H3/t11-,12-/m1/s1. The van der Waals surface area contributed by atoms with Crippen molar-refractivity contribution in [3.63, 3.8) is 0 Å². The highest BCUT2D eigenvalue weighted by atomic mass is 16.6. The highest BCUT2D eigenvalue weighted by molar-refractivity contribution is 5.89. The lowest BCUT2D eigenvalue weighted by molar-refractivity contribution is -0.168. The van der Waals surface area contributed by atoms with Crippen LogP contribution in [0.1, 0.15) is 18.1 Å². The van der Waals surface area contributed by atoms with E-state index in [1.807, 2.05) is 11.9 Å². The van der Waals surface area contributed by atoms with Gasteiger partial charge < -0.3 is 14.7 Å². The Hall–Kier alpha value is -1.72. The number of benzene rings is 1. The van der Waals surface area contributed by atoms with E-state index in [1.165, 1.54) is 0 Å². The number of aliphatic hydroxyl groups excluding tert-OH is 1. The molecule has 2 atom stereocenters. The number of hydrogen-bond acceptors (Lipinski definition) is 5. The van der Waals surface area contributed by atoms with E-state index in [9.17, 15) is 14.7 Å². The van der Waals surface area contributed by atoms with Crippen molar-refractivity contribution in [2.75, 3.05) is 20.1 Å². The molecule has 0 spiro atoms. The molecule has 5 heteroatoms. The summed E-state index contributed by atoms with van der Waals surface area (Å²) in [4.78, 5) is 25.4. The van der Waals surface area contributed by atoms with Gasteiger partial charge in [-0.1, -0.05) is 30.3 Å². The summed E-state index contributed by atoms with van der Waals surface area (Å²) < 4.78 is 4.74. The van der Waals surface area contributed by atoms with E-state index < -0.39 is 18.0 Å². The minimum absolute atomic E-state index is 0.281. The van der Waals surface area contributed by atoms with E-state index in [4.69, 9.17) is 4.74 Å². The van der Waals surface area contributed by atoms with Crippen molar-refractivity contribution in [3.05, 3.63) is 35.9 Å². The molecule has 102 valence electrons. The first-order valence-corrected chi connectivity index (χ1v) is 6.25. The van der Waals surface area contributed by atoms with E-state index in [2.05, 4.69) is 0 Å². The van der Waals surface area contributed by atoms with E-state index in [-0.39, 0.29) is 5.92 Å². The number of likely N-dealkylation sites (tertiary alicyclic amines) is 1. The van der Waals surface area contributed by atoms with E-state index in [0.29, 0.717) is 18.5 Å². The molecule has 1 aliphatic rings. The molecule has 0 bridgehead atoms. The second kappa shape index (κ2) is 5.95. The highest BCUT2D eigenvalue weighted by Crippen LogP contribution is 2.18. The number of aliphatic hydroxyl groups is 1. The molecule has 1 aliphatic heterocycles. The molecule has 0 aliphatic carbocycles. The van der Waals surface area contributed by atoms with Crippen LogP contribution in [0.2, 0.25) is 0 Å². The smallest absolute Gasteiger partial charge is 0.347 e. The number of nitrogens with zero attached hydrogens (tertiary/aromatic N) is 1. The van der Waals surface area contributed by atoms with Crippen LogP contribution in [-0.2, 0) is 14.3 Å². The van der Waals surface area contributed by atoms with Crippen LogP contribution >= 0.6 is 0 Å². The fourth-order valence-corrected chi connectivity index (χ4v) is 2.14. The number of carbonyl (C=O) groups excluding carboxylic acids is 2. The zero-order chi connectivity index (χ0) is 13.8. The molecule has 1 heterocycles. The summed E-state index contributed by atoms with van der Waals surface area (Å²) in [7, 11) is 1.91. The summed E-state index contributed by atoms with van der Waals surface area (Å²) in [6.45, 7) is 1.41. The lowest BCUT2D eigenvalue weighted by Gasteiger charge is -2.12. The zero-order valence-corrected chi connectivity index (χ0v) is 10.8. The van der Waals surface area contributed by atoms with Crippen LogP contribution in [0, 0.1) is 5.92 Å². The Labute approximate surface area is 111 Å². The summed E-state index contributed by atoms with van der Waals surface area (Å²) in [5.74, 6) is -1.74. The Bertz CT molecular complexity index is 460. The number of esters is 2. The van der Waals surface area contributed by atoms with Crippen LogP contribution in [0.5, 0.6) is 0 Å². The van der Waals surface area contributed by atoms with Crippen molar-refractivity contribution in [2.24, 2.45) is 5.92 Å². The monoisotopic (exact) mass is 263 g/mol. The zero-order valence-electron chi connectivity index (χ0n) is 10.8. The van der Waals surface area contributed by atoms with Gasteiger partial charge in [-0.3, -0.25) is 4.79 Å². The fraction of sp³-hybridized carbons (Fsp3) is 0.429. The molecule has 1 N–H and O–H groups in total. The number of ether oxygens (including phenoxy) is 1. The average molecular weight is 263 g/mol. The molecule has 0 unspecified atom stereocenters. The third-order valence-electron chi connectivity index (χ3n) is 3.26. The van der Waals surface area contributed by atoms with E-state index in [0.717, 1.165) is 6.54 Å². The third kappa shape index (κ3) is 3.39. The van der Waals surface area contributed by atoms with Gasteiger partial charge in [0.15, 0.2) is 6.10 Å². The first-order valence-electron chi connectivity index (χ1n) is 6.25. The number of hydrogen-bond donors (Lipinski definition) is 1. The molecule has 0 radical (unpaired) electrons. The lowest BCUT2D eigenvalue weighted by Crippen LogP contribution is -2.26. The van der Waals surface area contributed by atoms with Gasteiger partial charge >= 0.3 is 11.9 Å². The predicted molar refractivity (Wildman–Crippen MR) is 68.1 cm³/mol. The Balaban J connectivity index is 1.92. The number of rotatable bonds is 3. The van der Waals surface area contributed by atoms with Crippen molar-refractivity contribution in [2.45, 2.75) is 12.5 Å². The first kappa shape index (κ1) is 13.7. The summed E-state index contributed by atoms with van der Waals surface area (Å²) >= 11 is 0. The van der Waals surface area contributed by atoms with E-state index >= 15 is 0 Å². The maximum absolute atomic E-state index is 11.8. The molecule has 1 fully saturated rings. The van der Waals surface area contributed by atoms with Gasteiger partial charge in [-0.05, 0) is 25.6 Å². The Kier molecular flexibility index (Phi) is 4.29. The van der Waals surface area contributed by atoms with Gasteiger partial charge in [0.2, 0.25) is 0 Å². The maximum Gasteiger partial charge on any atom is 0.347 e. The van der Waals surface area contributed by atoms with Crippen molar-refractivity contribution >= 4 is 11.9 Å². The van der Waals surface area contributed by atoms with Crippen LogP contribution in [0.4, 0.5) is 0 Å². The SMILES string of the molecule is CN1CC[C@@H](C(=O)OC(=O)[C@H](O)c2ccccc2)C1. The largest absolute Gasteiger partial charge is 0.391 e. The van der Waals surface area contributed by atoms with Gasteiger partial charge in [0.05, 0.1) is 5.92 Å². The average Bonchev–Trinajstić information content (AvgIpc) is 2.85. The molecular weight excluding hydrogens is 246 g/mol. The van der Waals surface area contributed by atoms with Crippen LogP contribution in [0.15, 0.2) is 30.3 Å². The molecular formula is C14H17NO4. The molecule has 5 nitrogen and oxygen atoms in total. The minimum Gasteiger partial charge on any atom is -0.391 e. The fourth-order valence-electron chi connectivity index (χ4n) is 2.14. The third-order valence-corrected chi connectivity index (χ3v) is 3.26. The first-order chi connectivity index (χ1) is 9.08. The van der Waals surface area contributed by atoms with Crippen LogP contribution < -0.4 is 0 Å². The molecule has 2 rings (SSSR count). The van der Waals surface area contributed by atoms with Gasteiger partial charge in [0.1, 0.15) is 0 Å².